The fraction of sp³-hybridized carbons (Fsp3) is 0.615. The van der Waals surface area contributed by atoms with Gasteiger partial charge in [-0.1, -0.05) is 23.8 Å². The molecule has 0 heterocycles. The van der Waals surface area contributed by atoms with Crippen LogP contribution in [-0.4, -0.2) is 17.4 Å². The number of hydrogen-bond acceptors (Lipinski definition) is 2. The van der Waals surface area contributed by atoms with Gasteiger partial charge in [-0.15, -0.1) is 0 Å². The van der Waals surface area contributed by atoms with E-state index >= 15 is 0 Å². The Morgan fingerprint density at radius 2 is 2.06 bits per heavy atom. The molecule has 0 radical (unpaired) electrons. The van der Waals surface area contributed by atoms with Crippen molar-refractivity contribution in [2.75, 3.05) is 0 Å². The minimum Gasteiger partial charge on any atom is -0.303 e. The molecule has 2 nitrogen and oxygen atoms in total. The molecule has 0 saturated carbocycles. The van der Waals surface area contributed by atoms with Crippen LogP contribution in [-0.2, 0) is 4.79 Å². The van der Waals surface area contributed by atoms with E-state index < -0.39 is 0 Å². The van der Waals surface area contributed by atoms with E-state index in [4.69, 9.17) is 11.6 Å². The molecule has 0 aromatic heterocycles. The first kappa shape index (κ1) is 13.5. The SMILES string of the molecule is CC(NC(C)(C)C)C(=O)C1=CCC=C(Cl)C1. The molecule has 0 aliphatic heterocycles. The second-order valence-corrected chi connectivity index (χ2v) is 5.76. The van der Waals surface area contributed by atoms with Gasteiger partial charge in [0, 0.05) is 17.0 Å². The van der Waals surface area contributed by atoms with Crippen LogP contribution in [0.1, 0.15) is 40.5 Å². The van der Waals surface area contributed by atoms with Gasteiger partial charge >= 0.3 is 0 Å². The summed E-state index contributed by atoms with van der Waals surface area (Å²) in [6.07, 6.45) is 5.26. The van der Waals surface area contributed by atoms with Gasteiger partial charge in [0.15, 0.2) is 5.78 Å². The molecule has 0 bridgehead atoms. The summed E-state index contributed by atoms with van der Waals surface area (Å²) in [7, 11) is 0. The zero-order valence-corrected chi connectivity index (χ0v) is 11.2. The number of Topliss-reactive ketones (excluding diaryl/α,β-unsaturated/α-hetero) is 1. The molecule has 0 aromatic carbocycles. The fourth-order valence-corrected chi connectivity index (χ4v) is 2.07. The molecule has 0 amide bonds. The third-order valence-electron chi connectivity index (χ3n) is 2.42. The third-order valence-corrected chi connectivity index (χ3v) is 2.71. The summed E-state index contributed by atoms with van der Waals surface area (Å²) < 4.78 is 0. The highest BCUT2D eigenvalue weighted by Crippen LogP contribution is 2.23. The maximum Gasteiger partial charge on any atom is 0.175 e. The maximum absolute atomic E-state index is 12.1. The van der Waals surface area contributed by atoms with Crippen LogP contribution in [0.5, 0.6) is 0 Å². The molecule has 0 fully saturated rings. The van der Waals surface area contributed by atoms with Crippen molar-refractivity contribution in [1.82, 2.24) is 5.32 Å². The number of halogens is 1. The first-order chi connectivity index (χ1) is 7.29. The molecular formula is C13H20ClNO. The number of rotatable bonds is 3. The Hall–Kier alpha value is -0.600. The second-order valence-electron chi connectivity index (χ2n) is 5.27. The lowest BCUT2D eigenvalue weighted by Crippen LogP contribution is -2.46. The van der Waals surface area contributed by atoms with E-state index in [2.05, 4.69) is 26.1 Å². The van der Waals surface area contributed by atoms with Gasteiger partial charge in [-0.25, -0.2) is 0 Å². The highest BCUT2D eigenvalue weighted by molar-refractivity contribution is 6.30. The lowest BCUT2D eigenvalue weighted by atomic mass is 9.96. The third kappa shape index (κ3) is 4.11. The molecule has 1 atom stereocenters. The van der Waals surface area contributed by atoms with E-state index in [0.717, 1.165) is 17.0 Å². The van der Waals surface area contributed by atoms with E-state index in [1.807, 2.05) is 19.1 Å². The predicted octanol–water partition coefficient (Wildman–Crippen LogP) is 3.18. The van der Waals surface area contributed by atoms with Crippen molar-refractivity contribution < 1.29 is 4.79 Å². The van der Waals surface area contributed by atoms with Crippen molar-refractivity contribution >= 4 is 17.4 Å². The van der Waals surface area contributed by atoms with Crippen LogP contribution in [0.15, 0.2) is 22.8 Å². The van der Waals surface area contributed by atoms with Gasteiger partial charge in [0.2, 0.25) is 0 Å². The molecule has 16 heavy (non-hydrogen) atoms. The van der Waals surface area contributed by atoms with E-state index in [9.17, 15) is 4.79 Å². The minimum absolute atomic E-state index is 0.0516. The van der Waals surface area contributed by atoms with Crippen molar-refractivity contribution in [3.8, 4) is 0 Å². The van der Waals surface area contributed by atoms with Crippen molar-refractivity contribution in [3.05, 3.63) is 22.8 Å². The molecule has 3 heteroatoms. The van der Waals surface area contributed by atoms with Gasteiger partial charge in [-0.3, -0.25) is 4.79 Å². The van der Waals surface area contributed by atoms with Crippen LogP contribution in [0.25, 0.3) is 0 Å². The Morgan fingerprint density at radius 3 is 2.56 bits per heavy atom. The van der Waals surface area contributed by atoms with Gasteiger partial charge in [-0.05, 0) is 39.7 Å². The molecule has 1 aliphatic carbocycles. The Morgan fingerprint density at radius 1 is 1.44 bits per heavy atom. The van der Waals surface area contributed by atoms with Gasteiger partial charge in [0.1, 0.15) is 0 Å². The minimum atomic E-state index is -0.159. The highest BCUT2D eigenvalue weighted by Gasteiger charge is 2.23. The van der Waals surface area contributed by atoms with Crippen LogP contribution in [0, 0.1) is 0 Å². The van der Waals surface area contributed by atoms with E-state index in [-0.39, 0.29) is 17.4 Å². The van der Waals surface area contributed by atoms with Crippen LogP contribution in [0.3, 0.4) is 0 Å². The summed E-state index contributed by atoms with van der Waals surface area (Å²) >= 11 is 5.94. The van der Waals surface area contributed by atoms with E-state index in [1.54, 1.807) is 0 Å². The lowest BCUT2D eigenvalue weighted by molar-refractivity contribution is -0.117. The Balaban J connectivity index is 2.61. The standard InChI is InChI=1S/C13H20ClNO/c1-9(15-13(2,3)4)12(16)10-6-5-7-11(14)8-10/h6-7,9,15H,5,8H2,1-4H3. The molecule has 1 rings (SSSR count). The molecular weight excluding hydrogens is 222 g/mol. The fourth-order valence-electron chi connectivity index (χ4n) is 1.84. The molecule has 0 spiro atoms. The van der Waals surface area contributed by atoms with Crippen LogP contribution < -0.4 is 5.32 Å². The van der Waals surface area contributed by atoms with E-state index in [0.29, 0.717) is 6.42 Å². The quantitative estimate of drug-likeness (QED) is 0.822. The molecule has 0 saturated heterocycles. The highest BCUT2D eigenvalue weighted by atomic mass is 35.5. The van der Waals surface area contributed by atoms with Crippen LogP contribution >= 0.6 is 11.6 Å². The van der Waals surface area contributed by atoms with Gasteiger partial charge in [-0.2, -0.15) is 0 Å². The monoisotopic (exact) mass is 241 g/mol. The Labute approximate surface area is 103 Å². The smallest absolute Gasteiger partial charge is 0.175 e. The normalized spacial score (nSPS) is 18.8. The van der Waals surface area contributed by atoms with Gasteiger partial charge in [0.25, 0.3) is 0 Å². The van der Waals surface area contributed by atoms with Gasteiger partial charge in [0.05, 0.1) is 6.04 Å². The molecule has 90 valence electrons. The second kappa shape index (κ2) is 5.15. The van der Waals surface area contributed by atoms with Crippen molar-refractivity contribution in [2.24, 2.45) is 0 Å². The summed E-state index contributed by atoms with van der Waals surface area (Å²) in [4.78, 5) is 12.1. The number of carbonyl (C=O) groups excluding carboxylic acids is 1. The van der Waals surface area contributed by atoms with Crippen molar-refractivity contribution in [1.29, 1.82) is 0 Å². The van der Waals surface area contributed by atoms with Crippen LogP contribution in [0.4, 0.5) is 0 Å². The lowest BCUT2D eigenvalue weighted by Gasteiger charge is -2.26. The predicted molar refractivity (Wildman–Crippen MR) is 68.6 cm³/mol. The van der Waals surface area contributed by atoms with E-state index in [1.165, 1.54) is 0 Å². The number of carbonyl (C=O) groups is 1. The average molecular weight is 242 g/mol. The summed E-state index contributed by atoms with van der Waals surface area (Å²) in [5.41, 5.74) is 0.779. The first-order valence-corrected chi connectivity index (χ1v) is 6.03. The summed E-state index contributed by atoms with van der Waals surface area (Å²) in [5.74, 6) is 0.154. The average Bonchev–Trinajstić information content (AvgIpc) is 2.14. The van der Waals surface area contributed by atoms with Crippen molar-refractivity contribution in [2.45, 2.75) is 52.1 Å². The summed E-state index contributed by atoms with van der Waals surface area (Å²) in [5, 5.41) is 4.05. The first-order valence-electron chi connectivity index (χ1n) is 5.65. The summed E-state index contributed by atoms with van der Waals surface area (Å²) in [6.45, 7) is 8.07. The Kier molecular flexibility index (Phi) is 4.34. The Bertz CT molecular complexity index is 336. The number of ketones is 1. The topological polar surface area (TPSA) is 29.1 Å². The largest absolute Gasteiger partial charge is 0.303 e. The number of nitrogens with one attached hydrogen (secondary N) is 1. The van der Waals surface area contributed by atoms with Crippen molar-refractivity contribution in [3.63, 3.8) is 0 Å². The molecule has 1 aliphatic rings. The number of allylic oxidation sites excluding steroid dienone is 3. The van der Waals surface area contributed by atoms with Crippen LogP contribution in [0.2, 0.25) is 0 Å². The molecule has 0 aromatic rings. The maximum atomic E-state index is 12.1. The molecule has 1 unspecified atom stereocenters. The summed E-state index contributed by atoms with van der Waals surface area (Å²) in [6, 6.07) is -0.159. The zero-order valence-electron chi connectivity index (χ0n) is 10.4. The van der Waals surface area contributed by atoms with Gasteiger partial charge < -0.3 is 5.32 Å². The zero-order chi connectivity index (χ0) is 12.3. The molecule has 1 N–H and O–H groups in total. The number of hydrogen-bond donors (Lipinski definition) is 1.